The minimum Gasteiger partial charge on any atom is -0.479 e. The molecule has 5 nitrogen and oxygen atoms in total. The van der Waals surface area contributed by atoms with Crippen LogP contribution in [0, 0.1) is 0 Å². The van der Waals surface area contributed by atoms with E-state index in [9.17, 15) is 14.7 Å². The Balaban J connectivity index is 1.58. The summed E-state index contributed by atoms with van der Waals surface area (Å²) in [5, 5.41) is 10.4. The first-order chi connectivity index (χ1) is 15.4. The third kappa shape index (κ3) is 4.12. The fourth-order valence-electron chi connectivity index (χ4n) is 4.25. The van der Waals surface area contributed by atoms with E-state index in [1.165, 1.54) is 4.90 Å². The Labute approximate surface area is 199 Å². The molecular formula is C25H21BrClNO4. The number of carboxylic acid groups (broad SMARTS) is 1. The standard InChI is InChI=1S/C25H21BrClNO4/c1-2-28(23(24(29)30)20-12-11-15(27)13-22(20)26)25(31)32-14-21-18-9-5-3-7-16(18)17-8-4-6-10-19(17)21/h3-13,21,23H,2,14H2,1H3,(H,29,30). The molecule has 0 radical (unpaired) electrons. The Bertz CT molecular complexity index is 1140. The van der Waals surface area contributed by atoms with Crippen molar-refractivity contribution in [3.8, 4) is 11.1 Å². The number of fused-ring (bicyclic) bond motifs is 3. The molecule has 1 unspecified atom stereocenters. The zero-order valence-electron chi connectivity index (χ0n) is 17.3. The highest BCUT2D eigenvalue weighted by molar-refractivity contribution is 9.10. The van der Waals surface area contributed by atoms with Gasteiger partial charge in [0.2, 0.25) is 0 Å². The summed E-state index contributed by atoms with van der Waals surface area (Å²) in [6.45, 7) is 2.02. The number of aliphatic carboxylic acids is 1. The van der Waals surface area contributed by atoms with E-state index in [2.05, 4.69) is 28.1 Å². The van der Waals surface area contributed by atoms with Crippen molar-refractivity contribution in [3.05, 3.63) is 92.9 Å². The van der Waals surface area contributed by atoms with E-state index in [-0.39, 0.29) is 19.1 Å². The molecule has 0 aromatic heterocycles. The predicted octanol–water partition coefficient (Wildman–Crippen LogP) is 6.50. The molecule has 1 amide bonds. The Morgan fingerprint density at radius 1 is 1.06 bits per heavy atom. The Hall–Kier alpha value is -2.83. The maximum Gasteiger partial charge on any atom is 0.410 e. The van der Waals surface area contributed by atoms with E-state index >= 15 is 0 Å². The first kappa shape index (κ1) is 22.4. The number of ether oxygens (including phenoxy) is 1. The third-order valence-electron chi connectivity index (χ3n) is 5.71. The molecule has 32 heavy (non-hydrogen) atoms. The van der Waals surface area contributed by atoms with Crippen molar-refractivity contribution < 1.29 is 19.4 Å². The molecule has 0 aliphatic heterocycles. The van der Waals surface area contributed by atoms with Crippen LogP contribution in [0.1, 0.15) is 35.6 Å². The van der Waals surface area contributed by atoms with Gasteiger partial charge in [0.05, 0.1) is 0 Å². The average molecular weight is 515 g/mol. The Kier molecular flexibility index (Phi) is 6.53. The number of halogens is 2. The van der Waals surface area contributed by atoms with Gasteiger partial charge in [0, 0.05) is 27.5 Å². The molecule has 3 aromatic rings. The lowest BCUT2D eigenvalue weighted by Gasteiger charge is -2.28. The summed E-state index contributed by atoms with van der Waals surface area (Å²) in [5.74, 6) is -1.25. The minimum atomic E-state index is -1.21. The molecule has 0 bridgehead atoms. The Morgan fingerprint density at radius 2 is 1.66 bits per heavy atom. The second kappa shape index (κ2) is 9.35. The summed E-state index contributed by atoms with van der Waals surface area (Å²) in [7, 11) is 0. The third-order valence-corrected chi connectivity index (χ3v) is 6.64. The molecule has 0 fully saturated rings. The van der Waals surface area contributed by atoms with Crippen molar-refractivity contribution in [3.63, 3.8) is 0 Å². The molecule has 3 aromatic carbocycles. The van der Waals surface area contributed by atoms with Gasteiger partial charge in [-0.1, -0.05) is 82.1 Å². The fourth-order valence-corrected chi connectivity index (χ4v) is 5.15. The van der Waals surface area contributed by atoms with E-state index in [1.54, 1.807) is 25.1 Å². The average Bonchev–Trinajstić information content (AvgIpc) is 3.10. The summed E-state index contributed by atoms with van der Waals surface area (Å²) in [6, 6.07) is 19.7. The minimum absolute atomic E-state index is 0.101. The summed E-state index contributed by atoms with van der Waals surface area (Å²) in [6.07, 6.45) is -0.677. The molecule has 1 aliphatic carbocycles. The predicted molar refractivity (Wildman–Crippen MR) is 127 cm³/mol. The molecule has 4 rings (SSSR count). The fraction of sp³-hybridized carbons (Fsp3) is 0.200. The van der Waals surface area contributed by atoms with Crippen molar-refractivity contribution in [2.24, 2.45) is 0 Å². The van der Waals surface area contributed by atoms with Gasteiger partial charge in [-0.15, -0.1) is 0 Å². The smallest absolute Gasteiger partial charge is 0.410 e. The van der Waals surface area contributed by atoms with Gasteiger partial charge in [0.25, 0.3) is 0 Å². The topological polar surface area (TPSA) is 66.8 Å². The normalized spacial score (nSPS) is 13.2. The quantitative estimate of drug-likeness (QED) is 0.408. The zero-order valence-corrected chi connectivity index (χ0v) is 19.6. The summed E-state index contributed by atoms with van der Waals surface area (Å²) < 4.78 is 6.21. The van der Waals surface area contributed by atoms with Crippen LogP contribution in [0.5, 0.6) is 0 Å². The van der Waals surface area contributed by atoms with E-state index < -0.39 is 18.1 Å². The zero-order chi connectivity index (χ0) is 22.8. The van der Waals surface area contributed by atoms with Crippen molar-refractivity contribution >= 4 is 39.6 Å². The van der Waals surface area contributed by atoms with Crippen molar-refractivity contribution in [2.75, 3.05) is 13.2 Å². The van der Waals surface area contributed by atoms with Crippen LogP contribution in [-0.2, 0) is 9.53 Å². The van der Waals surface area contributed by atoms with Crippen LogP contribution in [-0.4, -0.2) is 35.2 Å². The molecule has 0 saturated carbocycles. The maximum atomic E-state index is 13.1. The number of carboxylic acids is 1. The SMILES string of the molecule is CCN(C(=O)OCC1c2ccccc2-c2ccccc21)C(C(=O)O)c1ccc(Cl)cc1Br. The molecule has 1 atom stereocenters. The highest BCUT2D eigenvalue weighted by atomic mass is 79.9. The lowest BCUT2D eigenvalue weighted by atomic mass is 9.98. The van der Waals surface area contributed by atoms with Crippen LogP contribution >= 0.6 is 27.5 Å². The van der Waals surface area contributed by atoms with Crippen molar-refractivity contribution in [2.45, 2.75) is 18.9 Å². The molecule has 0 spiro atoms. The molecule has 1 N–H and O–H groups in total. The van der Waals surface area contributed by atoms with E-state index in [1.807, 2.05) is 36.4 Å². The van der Waals surface area contributed by atoms with E-state index in [0.717, 1.165) is 22.3 Å². The number of likely N-dealkylation sites (N-methyl/N-ethyl adjacent to an activating group) is 1. The van der Waals surface area contributed by atoms with Crippen LogP contribution in [0.25, 0.3) is 11.1 Å². The number of nitrogens with zero attached hydrogens (tertiary/aromatic N) is 1. The molecule has 0 saturated heterocycles. The van der Waals surface area contributed by atoms with Crippen LogP contribution in [0.2, 0.25) is 5.02 Å². The van der Waals surface area contributed by atoms with Crippen molar-refractivity contribution in [1.29, 1.82) is 0 Å². The second-order valence-corrected chi connectivity index (χ2v) is 8.79. The number of carbonyl (C=O) groups excluding carboxylic acids is 1. The highest BCUT2D eigenvalue weighted by Crippen LogP contribution is 2.44. The molecule has 1 aliphatic rings. The summed E-state index contributed by atoms with van der Waals surface area (Å²) >= 11 is 9.36. The highest BCUT2D eigenvalue weighted by Gasteiger charge is 2.34. The number of hydrogen-bond donors (Lipinski definition) is 1. The van der Waals surface area contributed by atoms with Gasteiger partial charge in [-0.25, -0.2) is 9.59 Å². The van der Waals surface area contributed by atoms with Gasteiger partial charge in [0.1, 0.15) is 6.61 Å². The van der Waals surface area contributed by atoms with Crippen LogP contribution in [0.15, 0.2) is 71.2 Å². The largest absolute Gasteiger partial charge is 0.479 e. The van der Waals surface area contributed by atoms with Crippen LogP contribution in [0.4, 0.5) is 4.79 Å². The summed E-state index contributed by atoms with van der Waals surface area (Å²) in [4.78, 5) is 26.4. The molecule has 7 heteroatoms. The van der Waals surface area contributed by atoms with Gasteiger partial charge >= 0.3 is 12.1 Å². The monoisotopic (exact) mass is 513 g/mol. The lowest BCUT2D eigenvalue weighted by Crippen LogP contribution is -2.39. The first-order valence-corrected chi connectivity index (χ1v) is 11.4. The number of hydrogen-bond acceptors (Lipinski definition) is 3. The van der Waals surface area contributed by atoms with Crippen LogP contribution in [0.3, 0.4) is 0 Å². The Morgan fingerprint density at radius 3 is 2.19 bits per heavy atom. The van der Waals surface area contributed by atoms with E-state index in [4.69, 9.17) is 16.3 Å². The van der Waals surface area contributed by atoms with E-state index in [0.29, 0.717) is 15.1 Å². The maximum absolute atomic E-state index is 13.1. The van der Waals surface area contributed by atoms with Crippen molar-refractivity contribution in [1.82, 2.24) is 4.90 Å². The van der Waals surface area contributed by atoms with Gasteiger partial charge in [0.15, 0.2) is 6.04 Å². The number of rotatable bonds is 6. The number of benzene rings is 3. The molecule has 164 valence electrons. The van der Waals surface area contributed by atoms with Gasteiger partial charge in [-0.3, -0.25) is 4.90 Å². The second-order valence-electron chi connectivity index (χ2n) is 7.50. The lowest BCUT2D eigenvalue weighted by molar-refractivity contribution is -0.143. The van der Waals surface area contributed by atoms with Gasteiger partial charge in [-0.05, 0) is 41.3 Å². The van der Waals surface area contributed by atoms with Crippen LogP contribution < -0.4 is 0 Å². The number of amides is 1. The molecular weight excluding hydrogens is 494 g/mol. The molecule has 0 heterocycles. The number of carbonyl (C=O) groups is 2. The summed E-state index contributed by atoms with van der Waals surface area (Å²) in [5.41, 5.74) is 4.88. The first-order valence-electron chi connectivity index (χ1n) is 10.2. The van der Waals surface area contributed by atoms with Gasteiger partial charge < -0.3 is 9.84 Å². The van der Waals surface area contributed by atoms with Gasteiger partial charge in [-0.2, -0.15) is 0 Å².